The number of methoxy groups -OCH3 is 1. The summed E-state index contributed by atoms with van der Waals surface area (Å²) in [7, 11) is 1.63. The van der Waals surface area contributed by atoms with Crippen molar-refractivity contribution in [2.24, 2.45) is 0 Å². The van der Waals surface area contributed by atoms with E-state index in [0.29, 0.717) is 192 Å². The zero-order valence-electron chi connectivity index (χ0n) is 38.8. The number of benzene rings is 1. The zero-order valence-corrected chi connectivity index (χ0v) is 38.8. The molecule has 3 amide bonds. The van der Waals surface area contributed by atoms with E-state index in [1.54, 1.807) is 37.1 Å². The third-order valence-corrected chi connectivity index (χ3v) is 9.62. The largest absolute Gasteiger partial charge is 0.422 e. The molecule has 0 atom stereocenters. The van der Waals surface area contributed by atoms with Crippen LogP contribution in [0.5, 0.6) is 0 Å². The summed E-state index contributed by atoms with van der Waals surface area (Å²) in [4.78, 5) is 76.8. The molecular weight excluding hydrogens is 870 g/mol. The second kappa shape index (κ2) is 37.6. The van der Waals surface area contributed by atoms with Crippen molar-refractivity contribution < 1.29 is 80.6 Å². The first-order valence-electron chi connectivity index (χ1n) is 22.3. The lowest BCUT2D eigenvalue weighted by Crippen LogP contribution is -2.36. The molecule has 0 aliphatic carbocycles. The molecule has 1 aromatic heterocycles. The van der Waals surface area contributed by atoms with Crippen LogP contribution in [0.25, 0.3) is 11.0 Å². The van der Waals surface area contributed by atoms with Crippen LogP contribution in [0, 0.1) is 6.92 Å². The van der Waals surface area contributed by atoms with Crippen molar-refractivity contribution in [3.63, 3.8) is 0 Å². The number of amides is 3. The molecule has 0 spiro atoms. The number of hydrogen-bond donors (Lipinski definition) is 1. The molecule has 21 heteroatoms. The SMILES string of the molecule is C=O.COCCOCCOCCOCCOCCOCCOCCOCCOCCOCCCN(CCCCCC(=O)ON1C(=O)CCC1=O)C(=O)Cc1c(C)c2ccc(N)cc2oc1=O. The number of nitrogen functional groups attached to an aromatic ring is 1. The van der Waals surface area contributed by atoms with Crippen molar-refractivity contribution in [3.8, 4) is 0 Å². The number of hydrogen-bond acceptors (Lipinski definition) is 19. The number of rotatable bonds is 40. The lowest BCUT2D eigenvalue weighted by molar-refractivity contribution is -0.197. The molecule has 2 heterocycles. The van der Waals surface area contributed by atoms with E-state index < -0.39 is 23.4 Å². The first kappa shape index (κ1) is 57.7. The minimum atomic E-state index is -0.666. The van der Waals surface area contributed by atoms with Gasteiger partial charge in [0.1, 0.15) is 12.4 Å². The summed E-state index contributed by atoms with van der Waals surface area (Å²) in [6.45, 7) is 13.4. The molecule has 3 rings (SSSR count). The predicted octanol–water partition coefficient (Wildman–Crippen LogP) is 2.22. The van der Waals surface area contributed by atoms with Gasteiger partial charge in [0.25, 0.3) is 11.8 Å². The van der Waals surface area contributed by atoms with Gasteiger partial charge in [-0.05, 0) is 43.9 Å². The average molecular weight is 942 g/mol. The molecule has 66 heavy (non-hydrogen) atoms. The van der Waals surface area contributed by atoms with Gasteiger partial charge in [0, 0.05) is 63.2 Å². The third-order valence-electron chi connectivity index (χ3n) is 9.62. The Morgan fingerprint density at radius 2 is 1.08 bits per heavy atom. The van der Waals surface area contributed by atoms with Crippen molar-refractivity contribution in [1.29, 1.82) is 0 Å². The molecule has 1 aliphatic rings. The van der Waals surface area contributed by atoms with Gasteiger partial charge in [-0.1, -0.05) is 6.42 Å². The molecular formula is C45H71N3O18. The molecule has 21 nitrogen and oxygen atoms in total. The smallest absolute Gasteiger partial charge is 0.340 e. The van der Waals surface area contributed by atoms with E-state index in [-0.39, 0.29) is 37.2 Å². The normalized spacial score (nSPS) is 12.5. The first-order chi connectivity index (χ1) is 32.2. The monoisotopic (exact) mass is 941 g/mol. The number of ether oxygens (including phenoxy) is 10. The molecule has 1 aliphatic heterocycles. The van der Waals surface area contributed by atoms with Gasteiger partial charge < -0.3 is 72.1 Å². The fourth-order valence-corrected chi connectivity index (χ4v) is 6.15. The van der Waals surface area contributed by atoms with Crippen molar-refractivity contribution in [2.45, 2.75) is 58.3 Å². The number of carbonyl (C=O) groups is 5. The second-order valence-electron chi connectivity index (χ2n) is 14.5. The average Bonchev–Trinajstić information content (AvgIpc) is 3.62. The molecule has 0 bridgehead atoms. The van der Waals surface area contributed by atoms with Gasteiger partial charge in [-0.25, -0.2) is 9.59 Å². The van der Waals surface area contributed by atoms with E-state index in [1.807, 2.05) is 6.79 Å². The van der Waals surface area contributed by atoms with Crippen molar-refractivity contribution in [3.05, 3.63) is 39.7 Å². The van der Waals surface area contributed by atoms with Gasteiger partial charge in [-0.3, -0.25) is 14.4 Å². The maximum absolute atomic E-state index is 13.6. The minimum absolute atomic E-state index is 0.0156. The number of carbonyl (C=O) groups excluding carboxylic acids is 5. The number of nitrogens with two attached hydrogens (primary N) is 1. The highest BCUT2D eigenvalue weighted by atomic mass is 16.7. The van der Waals surface area contributed by atoms with E-state index in [4.69, 9.17) is 67.2 Å². The quantitative estimate of drug-likeness (QED) is 0.0435. The van der Waals surface area contributed by atoms with E-state index in [9.17, 15) is 24.0 Å². The van der Waals surface area contributed by atoms with Crippen LogP contribution >= 0.6 is 0 Å². The van der Waals surface area contributed by atoms with Gasteiger partial charge in [-0.15, -0.1) is 5.06 Å². The Labute approximate surface area is 386 Å². The fraction of sp³-hybridized carbons (Fsp3) is 0.689. The summed E-state index contributed by atoms with van der Waals surface area (Å²) >= 11 is 0. The summed E-state index contributed by atoms with van der Waals surface area (Å²) < 4.78 is 59.9. The predicted molar refractivity (Wildman–Crippen MR) is 239 cm³/mol. The molecule has 1 saturated heterocycles. The molecule has 374 valence electrons. The number of imide groups is 1. The van der Waals surface area contributed by atoms with Crippen LogP contribution in [0.15, 0.2) is 27.4 Å². The van der Waals surface area contributed by atoms with Crippen LogP contribution in [0.3, 0.4) is 0 Å². The standard InChI is InChI=1S/C44H69N3O17.CH2O/c1-35-37-9-8-36(45)33-39(37)63-44(52)38(35)34-42(50)46(12-5-3-4-7-43(51)64-47-40(48)10-11-41(47)49)13-6-14-54-17-18-56-21-22-58-25-26-60-29-30-62-32-31-61-28-27-59-24-23-57-20-19-55-16-15-53-2;1-2/h8-9,33H,3-7,10-32,34,45H2,1-2H3;1H2. The summed E-state index contributed by atoms with van der Waals surface area (Å²) in [6, 6.07) is 5.06. The van der Waals surface area contributed by atoms with E-state index >= 15 is 0 Å². The van der Waals surface area contributed by atoms with E-state index in [1.165, 1.54) is 0 Å². The van der Waals surface area contributed by atoms with Crippen LogP contribution in [-0.2, 0) is 82.6 Å². The highest BCUT2D eigenvalue weighted by molar-refractivity contribution is 6.01. The second-order valence-corrected chi connectivity index (χ2v) is 14.5. The molecule has 1 aromatic carbocycles. The minimum Gasteiger partial charge on any atom is -0.422 e. The third kappa shape index (κ3) is 25.5. The van der Waals surface area contributed by atoms with Gasteiger partial charge in [-0.2, -0.15) is 0 Å². The Morgan fingerprint density at radius 1 is 0.636 bits per heavy atom. The van der Waals surface area contributed by atoms with Gasteiger partial charge in [0.15, 0.2) is 0 Å². The number of anilines is 1. The number of nitrogens with zero attached hydrogens (tertiary/aromatic N) is 2. The number of hydroxylamine groups is 2. The Balaban J connectivity index is 0.00000737. The summed E-state index contributed by atoms with van der Waals surface area (Å²) in [5.74, 6) is -1.97. The molecule has 0 saturated carbocycles. The van der Waals surface area contributed by atoms with E-state index in [0.717, 1.165) is 0 Å². The maximum Gasteiger partial charge on any atom is 0.340 e. The number of aryl methyl sites for hydroxylation is 1. The van der Waals surface area contributed by atoms with Gasteiger partial charge in [0.05, 0.1) is 131 Å². The van der Waals surface area contributed by atoms with Crippen molar-refractivity contribution in [1.82, 2.24) is 9.96 Å². The Hall–Kier alpha value is -4.42. The Kier molecular flexibility index (Phi) is 32.9. The highest BCUT2D eigenvalue weighted by Gasteiger charge is 2.32. The molecule has 0 radical (unpaired) electrons. The zero-order chi connectivity index (χ0) is 48.0. The fourth-order valence-electron chi connectivity index (χ4n) is 6.15. The molecule has 1 fully saturated rings. The van der Waals surface area contributed by atoms with Crippen LogP contribution < -0.4 is 11.4 Å². The van der Waals surface area contributed by atoms with E-state index in [2.05, 4.69) is 0 Å². The van der Waals surface area contributed by atoms with Crippen LogP contribution in [0.1, 0.15) is 56.1 Å². The summed E-state index contributed by atoms with van der Waals surface area (Å²) in [5, 5.41) is 1.24. The van der Waals surface area contributed by atoms with Gasteiger partial charge in [0.2, 0.25) is 5.91 Å². The lowest BCUT2D eigenvalue weighted by Gasteiger charge is -2.23. The van der Waals surface area contributed by atoms with Gasteiger partial charge >= 0.3 is 11.6 Å². The van der Waals surface area contributed by atoms with Crippen molar-refractivity contribution >= 4 is 47.1 Å². The van der Waals surface area contributed by atoms with Crippen LogP contribution in [-0.4, -0.2) is 186 Å². The summed E-state index contributed by atoms with van der Waals surface area (Å²) in [6.07, 6.45) is 2.06. The number of fused-ring (bicyclic) bond motifs is 1. The van der Waals surface area contributed by atoms with Crippen LogP contribution in [0.2, 0.25) is 0 Å². The summed E-state index contributed by atoms with van der Waals surface area (Å²) in [5.41, 5.74) is 7.03. The molecule has 2 aromatic rings. The van der Waals surface area contributed by atoms with Crippen LogP contribution in [0.4, 0.5) is 5.69 Å². The Bertz CT molecular complexity index is 1700. The maximum atomic E-state index is 13.6. The first-order valence-corrected chi connectivity index (χ1v) is 22.3. The number of unbranched alkanes of at least 4 members (excludes halogenated alkanes) is 2. The highest BCUT2D eigenvalue weighted by Crippen LogP contribution is 2.22. The molecule has 2 N–H and O–H groups in total. The Morgan fingerprint density at radius 3 is 1.55 bits per heavy atom. The lowest BCUT2D eigenvalue weighted by atomic mass is 10.0. The van der Waals surface area contributed by atoms with Crippen molar-refractivity contribution in [2.75, 3.05) is 151 Å². The topological polar surface area (TPSA) is 250 Å². The molecule has 0 unspecified atom stereocenters.